The fourth-order valence-electron chi connectivity index (χ4n) is 3.35. The molecule has 156 valence electrons. The zero-order chi connectivity index (χ0) is 20.2. The lowest BCUT2D eigenvalue weighted by atomic mass is 10.0. The van der Waals surface area contributed by atoms with Crippen molar-refractivity contribution in [2.45, 2.75) is 77.6 Å². The first-order valence-corrected chi connectivity index (χ1v) is 10.7. The number of hydrogen-bond donors (Lipinski definition) is 2. The molecule has 0 fully saturated rings. The van der Waals surface area contributed by atoms with E-state index in [1.54, 1.807) is 18.2 Å². The van der Waals surface area contributed by atoms with Gasteiger partial charge in [-0.1, -0.05) is 51.9 Å². The maximum atomic E-state index is 12.3. The van der Waals surface area contributed by atoms with E-state index in [1.807, 2.05) is 0 Å². The standard InChI is InChI=1S/C23H34O5/c1-2-3-4-5-6-7-8-9-12-20-22(25)19-14-13-18(27-16-11-10-15-24)17-21(19)28-23(20)26/h13-14,17,24-25H,2-12,15-16H2,1H3. The van der Waals surface area contributed by atoms with Gasteiger partial charge in [-0.05, 0) is 37.8 Å². The van der Waals surface area contributed by atoms with Gasteiger partial charge >= 0.3 is 5.63 Å². The highest BCUT2D eigenvalue weighted by Gasteiger charge is 2.14. The highest BCUT2D eigenvalue weighted by molar-refractivity contribution is 5.85. The minimum atomic E-state index is -0.467. The molecule has 0 aliphatic heterocycles. The molecule has 1 aromatic heterocycles. The lowest BCUT2D eigenvalue weighted by Crippen LogP contribution is -2.08. The van der Waals surface area contributed by atoms with Crippen molar-refractivity contribution in [1.82, 2.24) is 0 Å². The van der Waals surface area contributed by atoms with Gasteiger partial charge < -0.3 is 19.4 Å². The normalized spacial score (nSPS) is 11.2. The molecule has 5 heteroatoms. The highest BCUT2D eigenvalue weighted by atomic mass is 16.5. The van der Waals surface area contributed by atoms with E-state index < -0.39 is 5.63 Å². The Balaban J connectivity index is 1.91. The first-order valence-electron chi connectivity index (χ1n) is 10.7. The third-order valence-corrected chi connectivity index (χ3v) is 5.04. The number of unbranched alkanes of at least 4 members (excludes halogenated alkanes) is 8. The summed E-state index contributed by atoms with van der Waals surface area (Å²) in [4.78, 5) is 12.3. The van der Waals surface area contributed by atoms with Crippen LogP contribution in [0.1, 0.15) is 76.7 Å². The number of aromatic hydroxyl groups is 1. The van der Waals surface area contributed by atoms with Crippen LogP contribution >= 0.6 is 0 Å². The summed E-state index contributed by atoms with van der Waals surface area (Å²) < 4.78 is 11.0. The summed E-state index contributed by atoms with van der Waals surface area (Å²) in [6, 6.07) is 5.13. The van der Waals surface area contributed by atoms with Crippen molar-refractivity contribution in [2.75, 3.05) is 13.2 Å². The summed E-state index contributed by atoms with van der Waals surface area (Å²) >= 11 is 0. The molecule has 0 unspecified atom stereocenters. The molecule has 0 saturated heterocycles. The Hall–Kier alpha value is -2.01. The monoisotopic (exact) mass is 390 g/mol. The Morgan fingerprint density at radius 2 is 1.68 bits per heavy atom. The van der Waals surface area contributed by atoms with Gasteiger partial charge in [0.25, 0.3) is 0 Å². The molecule has 2 N–H and O–H groups in total. The van der Waals surface area contributed by atoms with Crippen LogP contribution < -0.4 is 10.4 Å². The number of rotatable bonds is 14. The third-order valence-electron chi connectivity index (χ3n) is 5.04. The molecule has 28 heavy (non-hydrogen) atoms. The van der Waals surface area contributed by atoms with Crippen LogP contribution in [0.2, 0.25) is 0 Å². The minimum Gasteiger partial charge on any atom is -0.507 e. The minimum absolute atomic E-state index is 0.0287. The average Bonchev–Trinajstić information content (AvgIpc) is 2.69. The van der Waals surface area contributed by atoms with Gasteiger partial charge in [0.05, 0.1) is 17.6 Å². The Morgan fingerprint density at radius 3 is 2.39 bits per heavy atom. The fraction of sp³-hybridized carbons (Fsp3) is 0.609. The molecular formula is C23H34O5. The van der Waals surface area contributed by atoms with Gasteiger partial charge in [-0.3, -0.25) is 0 Å². The summed E-state index contributed by atoms with van der Waals surface area (Å²) in [5.74, 6) is 0.616. The smallest absolute Gasteiger partial charge is 0.343 e. The molecule has 0 spiro atoms. The molecule has 0 radical (unpaired) electrons. The lowest BCUT2D eigenvalue weighted by molar-refractivity contribution is 0.253. The second-order valence-corrected chi connectivity index (χ2v) is 7.38. The van der Waals surface area contributed by atoms with Crippen molar-refractivity contribution in [1.29, 1.82) is 0 Å². The number of fused-ring (bicyclic) bond motifs is 1. The quantitative estimate of drug-likeness (QED) is 0.336. The molecule has 0 saturated carbocycles. The van der Waals surface area contributed by atoms with Crippen molar-refractivity contribution >= 4 is 11.0 Å². The van der Waals surface area contributed by atoms with Crippen molar-refractivity contribution in [3.63, 3.8) is 0 Å². The summed E-state index contributed by atoms with van der Waals surface area (Å²) in [7, 11) is 0. The molecule has 2 rings (SSSR count). The zero-order valence-electron chi connectivity index (χ0n) is 17.0. The first kappa shape index (κ1) is 22.3. The topological polar surface area (TPSA) is 79.9 Å². The largest absolute Gasteiger partial charge is 0.507 e. The van der Waals surface area contributed by atoms with Crippen molar-refractivity contribution in [3.8, 4) is 11.5 Å². The van der Waals surface area contributed by atoms with E-state index in [1.165, 1.54) is 38.5 Å². The van der Waals surface area contributed by atoms with E-state index >= 15 is 0 Å². The molecule has 0 aliphatic rings. The Morgan fingerprint density at radius 1 is 0.964 bits per heavy atom. The number of aliphatic hydroxyl groups excluding tert-OH is 1. The summed E-state index contributed by atoms with van der Waals surface area (Å²) in [6.07, 6.45) is 11.5. The van der Waals surface area contributed by atoms with Crippen molar-refractivity contribution in [2.24, 2.45) is 0 Å². The van der Waals surface area contributed by atoms with Crippen LogP contribution in [0.15, 0.2) is 27.4 Å². The zero-order valence-corrected chi connectivity index (χ0v) is 17.0. The Labute approximate surface area is 167 Å². The summed E-state index contributed by atoms with van der Waals surface area (Å²) in [5.41, 5.74) is 0.238. The first-order chi connectivity index (χ1) is 13.7. The van der Waals surface area contributed by atoms with Crippen LogP contribution in [0, 0.1) is 0 Å². The van der Waals surface area contributed by atoms with E-state index in [2.05, 4.69) is 6.92 Å². The predicted molar refractivity (Wildman–Crippen MR) is 112 cm³/mol. The number of ether oxygens (including phenoxy) is 1. The van der Waals surface area contributed by atoms with E-state index in [-0.39, 0.29) is 12.4 Å². The van der Waals surface area contributed by atoms with Crippen molar-refractivity contribution in [3.05, 3.63) is 34.2 Å². The SMILES string of the molecule is CCCCCCCCCCc1c(O)c2ccc(OCCCCO)cc2oc1=O. The average molecular weight is 391 g/mol. The molecule has 0 amide bonds. The van der Waals surface area contributed by atoms with Gasteiger partial charge in [-0.2, -0.15) is 0 Å². The molecule has 0 aliphatic carbocycles. The van der Waals surface area contributed by atoms with E-state index in [9.17, 15) is 9.90 Å². The van der Waals surface area contributed by atoms with Gasteiger partial charge in [0.2, 0.25) is 0 Å². The number of hydrogen-bond acceptors (Lipinski definition) is 5. The Bertz CT molecular complexity index is 765. The van der Waals surface area contributed by atoms with Gasteiger partial charge in [-0.25, -0.2) is 4.79 Å². The number of benzene rings is 1. The second-order valence-electron chi connectivity index (χ2n) is 7.38. The van der Waals surface area contributed by atoms with E-state index in [4.69, 9.17) is 14.3 Å². The molecule has 5 nitrogen and oxygen atoms in total. The van der Waals surface area contributed by atoms with Crippen LogP contribution in [0.4, 0.5) is 0 Å². The summed E-state index contributed by atoms with van der Waals surface area (Å²) in [5, 5.41) is 19.9. The molecule has 0 bridgehead atoms. The molecule has 2 aromatic rings. The van der Waals surface area contributed by atoms with Crippen molar-refractivity contribution < 1.29 is 19.4 Å². The van der Waals surface area contributed by atoms with Gasteiger partial charge in [-0.15, -0.1) is 0 Å². The molecule has 1 aromatic carbocycles. The van der Waals surface area contributed by atoms with Gasteiger partial charge in [0.15, 0.2) is 0 Å². The van der Waals surface area contributed by atoms with Crippen LogP contribution in [0.25, 0.3) is 11.0 Å². The van der Waals surface area contributed by atoms with E-state index in [0.717, 1.165) is 19.3 Å². The highest BCUT2D eigenvalue weighted by Crippen LogP contribution is 2.30. The predicted octanol–water partition coefficient (Wildman–Crippen LogP) is 5.33. The number of aliphatic hydroxyl groups is 1. The van der Waals surface area contributed by atoms with Crippen LogP contribution in [0.3, 0.4) is 0 Å². The van der Waals surface area contributed by atoms with Crippen LogP contribution in [-0.4, -0.2) is 23.4 Å². The Kier molecular flexibility index (Phi) is 9.91. The fourth-order valence-corrected chi connectivity index (χ4v) is 3.35. The van der Waals surface area contributed by atoms with Gasteiger partial charge in [0.1, 0.15) is 17.1 Å². The van der Waals surface area contributed by atoms with E-state index in [0.29, 0.717) is 41.7 Å². The maximum absolute atomic E-state index is 12.3. The van der Waals surface area contributed by atoms with Crippen LogP contribution in [-0.2, 0) is 6.42 Å². The lowest BCUT2D eigenvalue weighted by Gasteiger charge is -2.09. The van der Waals surface area contributed by atoms with Crippen LogP contribution in [0.5, 0.6) is 11.5 Å². The van der Waals surface area contributed by atoms with Gasteiger partial charge in [0, 0.05) is 12.7 Å². The molecular weight excluding hydrogens is 356 g/mol. The third kappa shape index (κ3) is 6.86. The molecule has 1 heterocycles. The summed E-state index contributed by atoms with van der Waals surface area (Å²) in [6.45, 7) is 2.85. The second kappa shape index (κ2) is 12.4. The maximum Gasteiger partial charge on any atom is 0.343 e. The molecule has 0 atom stereocenters.